The van der Waals surface area contributed by atoms with Crippen molar-refractivity contribution in [2.75, 3.05) is 19.8 Å². The normalized spacial score (nSPS) is 10.3. The number of unbranched alkanes of at least 4 members (excludes halogenated alkanes) is 1. The van der Waals surface area contributed by atoms with Crippen molar-refractivity contribution in [1.82, 2.24) is 0 Å². The third kappa shape index (κ3) is 9.24. The highest BCUT2D eigenvalue weighted by Crippen LogP contribution is 2.07. The number of nitrogens with zero attached hydrogens (tertiary/aromatic N) is 3. The Balaban J connectivity index is 4.01. The smallest absolute Gasteiger partial charge is 0.331 e. The molecule has 1 unspecified atom stereocenters. The van der Waals surface area contributed by atoms with Crippen LogP contribution in [0.5, 0.6) is 0 Å². The first-order chi connectivity index (χ1) is 9.26. The Kier molecular flexibility index (Phi) is 10.4. The number of esters is 1. The molecule has 0 aromatic carbocycles. The minimum absolute atomic E-state index is 0.0166. The summed E-state index contributed by atoms with van der Waals surface area (Å²) in [5, 5.41) is 8.14. The number of ether oxygens (including phenoxy) is 2. The van der Waals surface area contributed by atoms with Crippen LogP contribution in [-0.4, -0.2) is 43.9 Å². The van der Waals surface area contributed by atoms with Crippen LogP contribution in [0.4, 0.5) is 0 Å². The molecule has 0 aliphatic heterocycles. The fourth-order valence-electron chi connectivity index (χ4n) is 1.19. The summed E-state index contributed by atoms with van der Waals surface area (Å²) in [5.74, 6) is -0.675. The molecule has 0 aliphatic rings. The molecule has 0 rings (SSSR count). The van der Waals surface area contributed by atoms with Crippen molar-refractivity contribution in [2.45, 2.75) is 25.3 Å². The Hall–Kier alpha value is -2.48. The van der Waals surface area contributed by atoms with Crippen molar-refractivity contribution in [2.24, 2.45) is 9.98 Å². The number of isocyanates is 2. The van der Waals surface area contributed by atoms with E-state index < -0.39 is 12.0 Å². The molecule has 0 fully saturated rings. The quantitative estimate of drug-likeness (QED) is 0.184. The molecule has 0 aromatic heterocycles. The van der Waals surface area contributed by atoms with E-state index in [2.05, 4.69) is 14.7 Å². The van der Waals surface area contributed by atoms with Crippen molar-refractivity contribution in [3.05, 3.63) is 0 Å². The number of nitriles is 1. The average Bonchev–Trinajstić information content (AvgIpc) is 2.42. The Labute approximate surface area is 109 Å². The van der Waals surface area contributed by atoms with E-state index in [1.807, 2.05) is 0 Å². The van der Waals surface area contributed by atoms with Gasteiger partial charge >= 0.3 is 5.97 Å². The molecule has 0 radical (unpaired) electrons. The van der Waals surface area contributed by atoms with Crippen LogP contribution in [0.3, 0.4) is 0 Å². The molecule has 0 aromatic rings. The maximum atomic E-state index is 11.5. The van der Waals surface area contributed by atoms with Gasteiger partial charge in [0.05, 0.1) is 6.54 Å². The largest absolute Gasteiger partial charge is 0.462 e. The van der Waals surface area contributed by atoms with Gasteiger partial charge in [-0.1, -0.05) is 0 Å². The molecule has 1 atom stereocenters. The van der Waals surface area contributed by atoms with Gasteiger partial charge in [-0.05, 0) is 19.3 Å². The maximum absolute atomic E-state index is 11.5. The van der Waals surface area contributed by atoms with Crippen LogP contribution in [0.25, 0.3) is 0 Å². The standard InChI is InChI=1S/C11H13N3O5/c12-7-18-5-2-1-3-10(14-9-16)11(17)19-6-4-13-8-15/h10H,1-6H2. The Morgan fingerprint density at radius 2 is 2.00 bits per heavy atom. The fourth-order valence-corrected chi connectivity index (χ4v) is 1.19. The number of aliphatic imine (C=N–C) groups is 2. The molecule has 0 saturated heterocycles. The Bertz CT molecular complexity index is 405. The first kappa shape index (κ1) is 16.5. The van der Waals surface area contributed by atoms with Crippen LogP contribution >= 0.6 is 0 Å². The summed E-state index contributed by atoms with van der Waals surface area (Å²) in [6.45, 7) is 0.191. The fraction of sp³-hybridized carbons (Fsp3) is 0.636. The van der Waals surface area contributed by atoms with E-state index in [0.29, 0.717) is 19.3 Å². The van der Waals surface area contributed by atoms with Gasteiger partial charge < -0.3 is 9.47 Å². The lowest BCUT2D eigenvalue weighted by atomic mass is 10.1. The van der Waals surface area contributed by atoms with Gasteiger partial charge in [0, 0.05) is 0 Å². The maximum Gasteiger partial charge on any atom is 0.331 e. The second-order valence-electron chi connectivity index (χ2n) is 3.31. The van der Waals surface area contributed by atoms with Crippen LogP contribution in [0.2, 0.25) is 0 Å². The molecule has 19 heavy (non-hydrogen) atoms. The van der Waals surface area contributed by atoms with Crippen LogP contribution in [0, 0.1) is 11.5 Å². The van der Waals surface area contributed by atoms with Crippen LogP contribution < -0.4 is 0 Å². The zero-order valence-corrected chi connectivity index (χ0v) is 10.2. The molecule has 8 heteroatoms. The number of hydrogen-bond donors (Lipinski definition) is 0. The summed E-state index contributed by atoms with van der Waals surface area (Å²) in [5.41, 5.74) is 0. The topological polar surface area (TPSA) is 118 Å². The first-order valence-electron chi connectivity index (χ1n) is 5.54. The number of carbonyl (C=O) groups is 1. The van der Waals surface area contributed by atoms with Crippen molar-refractivity contribution in [1.29, 1.82) is 5.26 Å². The third-order valence-corrected chi connectivity index (χ3v) is 2.03. The van der Waals surface area contributed by atoms with Crippen LogP contribution in [0.15, 0.2) is 9.98 Å². The van der Waals surface area contributed by atoms with Gasteiger partial charge in [0.1, 0.15) is 13.2 Å². The minimum atomic E-state index is -0.931. The summed E-state index contributed by atoms with van der Waals surface area (Å²) in [6, 6.07) is -0.931. The molecular weight excluding hydrogens is 254 g/mol. The van der Waals surface area contributed by atoms with E-state index in [9.17, 15) is 14.4 Å². The molecule has 0 bridgehead atoms. The molecule has 102 valence electrons. The van der Waals surface area contributed by atoms with Gasteiger partial charge in [-0.3, -0.25) is 0 Å². The van der Waals surface area contributed by atoms with Crippen molar-refractivity contribution >= 4 is 18.1 Å². The number of hydrogen-bond acceptors (Lipinski definition) is 8. The van der Waals surface area contributed by atoms with Crippen LogP contribution in [-0.2, 0) is 23.9 Å². The summed E-state index contributed by atoms with van der Waals surface area (Å²) in [6.07, 6.45) is 5.53. The third-order valence-electron chi connectivity index (χ3n) is 2.03. The molecule has 0 amide bonds. The van der Waals surface area contributed by atoms with Crippen molar-refractivity contribution < 1.29 is 23.9 Å². The molecular formula is C11H13N3O5. The van der Waals surface area contributed by atoms with Gasteiger partial charge in [-0.25, -0.2) is 19.4 Å². The van der Waals surface area contributed by atoms with E-state index in [0.717, 1.165) is 0 Å². The lowest BCUT2D eigenvalue weighted by Crippen LogP contribution is -2.22. The molecule has 0 aliphatic carbocycles. The molecule has 8 nitrogen and oxygen atoms in total. The van der Waals surface area contributed by atoms with Gasteiger partial charge in [-0.15, -0.1) is 0 Å². The van der Waals surface area contributed by atoms with Gasteiger partial charge in [0.2, 0.25) is 12.2 Å². The van der Waals surface area contributed by atoms with E-state index in [1.54, 1.807) is 0 Å². The average molecular weight is 267 g/mol. The predicted octanol–water partition coefficient (Wildman–Crippen LogP) is 0.238. The van der Waals surface area contributed by atoms with E-state index in [1.165, 1.54) is 18.4 Å². The van der Waals surface area contributed by atoms with Gasteiger partial charge in [-0.2, -0.15) is 10.3 Å². The summed E-state index contributed by atoms with van der Waals surface area (Å²) in [4.78, 5) is 38.0. The Morgan fingerprint density at radius 3 is 2.63 bits per heavy atom. The lowest BCUT2D eigenvalue weighted by Gasteiger charge is -2.09. The van der Waals surface area contributed by atoms with Crippen LogP contribution in [0.1, 0.15) is 19.3 Å². The molecule has 0 heterocycles. The number of rotatable bonds is 10. The summed E-state index contributed by atoms with van der Waals surface area (Å²) >= 11 is 0. The lowest BCUT2D eigenvalue weighted by molar-refractivity contribution is -0.145. The number of carbonyl (C=O) groups excluding carboxylic acids is 3. The van der Waals surface area contributed by atoms with Gasteiger partial charge in [0.25, 0.3) is 6.26 Å². The zero-order chi connectivity index (χ0) is 14.3. The second kappa shape index (κ2) is 12.0. The first-order valence-corrected chi connectivity index (χ1v) is 5.54. The summed E-state index contributed by atoms with van der Waals surface area (Å²) < 4.78 is 9.23. The van der Waals surface area contributed by atoms with E-state index in [4.69, 9.17) is 10.00 Å². The molecule has 0 N–H and O–H groups in total. The second-order valence-corrected chi connectivity index (χ2v) is 3.31. The molecule has 0 saturated carbocycles. The van der Waals surface area contributed by atoms with Crippen molar-refractivity contribution in [3.8, 4) is 6.26 Å². The highest BCUT2D eigenvalue weighted by atomic mass is 16.5. The highest BCUT2D eigenvalue weighted by Gasteiger charge is 2.18. The molecule has 0 spiro atoms. The van der Waals surface area contributed by atoms with Crippen molar-refractivity contribution in [3.63, 3.8) is 0 Å². The predicted molar refractivity (Wildman–Crippen MR) is 61.3 cm³/mol. The zero-order valence-electron chi connectivity index (χ0n) is 10.2. The van der Waals surface area contributed by atoms with E-state index in [-0.39, 0.29) is 19.8 Å². The minimum Gasteiger partial charge on any atom is -0.462 e. The monoisotopic (exact) mass is 267 g/mol. The van der Waals surface area contributed by atoms with Gasteiger partial charge in [0.15, 0.2) is 6.04 Å². The summed E-state index contributed by atoms with van der Waals surface area (Å²) in [7, 11) is 0. The highest BCUT2D eigenvalue weighted by molar-refractivity contribution is 5.76. The Morgan fingerprint density at radius 1 is 1.21 bits per heavy atom. The SMILES string of the molecule is N#COCCCCC(N=C=O)C(=O)OCCN=C=O. The van der Waals surface area contributed by atoms with E-state index >= 15 is 0 Å².